The van der Waals surface area contributed by atoms with Crippen molar-refractivity contribution in [1.29, 1.82) is 0 Å². The lowest BCUT2D eigenvalue weighted by molar-refractivity contribution is 0.533. The fourth-order valence-corrected chi connectivity index (χ4v) is 2.49. The topological polar surface area (TPSA) is 52.0 Å². The molecule has 0 amide bonds. The quantitative estimate of drug-likeness (QED) is 0.697. The van der Waals surface area contributed by atoms with Gasteiger partial charge in [-0.25, -0.2) is 0 Å². The second-order valence-corrected chi connectivity index (χ2v) is 4.75. The van der Waals surface area contributed by atoms with E-state index in [4.69, 9.17) is 11.5 Å². The molecule has 0 aliphatic heterocycles. The Balaban J connectivity index is 2.28. The number of thioether (sulfide) groups is 1. The predicted octanol–water partition coefficient (Wildman–Crippen LogP) is 2.09. The van der Waals surface area contributed by atoms with Crippen molar-refractivity contribution in [3.05, 3.63) is 30.3 Å². The second kappa shape index (κ2) is 7.74. The zero-order valence-electron chi connectivity index (χ0n) is 9.06. The van der Waals surface area contributed by atoms with Crippen molar-refractivity contribution < 1.29 is 0 Å². The maximum absolute atomic E-state index is 5.72. The molecule has 0 saturated carbocycles. The lowest BCUT2D eigenvalue weighted by atomic mass is 10.1. The van der Waals surface area contributed by atoms with Crippen molar-refractivity contribution in [2.45, 2.75) is 17.7 Å². The molecule has 0 aliphatic carbocycles. The van der Waals surface area contributed by atoms with Gasteiger partial charge in [0.2, 0.25) is 0 Å². The van der Waals surface area contributed by atoms with E-state index in [1.807, 2.05) is 17.8 Å². The van der Waals surface area contributed by atoms with Crippen molar-refractivity contribution in [3.8, 4) is 0 Å². The smallest absolute Gasteiger partial charge is 0.00720 e. The minimum atomic E-state index is 0.596. The molecule has 84 valence electrons. The van der Waals surface area contributed by atoms with Crippen molar-refractivity contribution in [1.82, 2.24) is 0 Å². The number of rotatable bonds is 7. The second-order valence-electron chi connectivity index (χ2n) is 3.66. The first-order valence-corrected chi connectivity index (χ1v) is 6.43. The first-order chi connectivity index (χ1) is 7.36. The number of hydrogen-bond acceptors (Lipinski definition) is 3. The van der Waals surface area contributed by atoms with Gasteiger partial charge in [0.25, 0.3) is 0 Å². The Bertz CT molecular complexity index is 251. The highest BCUT2D eigenvalue weighted by molar-refractivity contribution is 7.99. The Hall–Kier alpha value is -0.510. The predicted molar refractivity (Wildman–Crippen MR) is 68.0 cm³/mol. The molecule has 15 heavy (non-hydrogen) atoms. The summed E-state index contributed by atoms with van der Waals surface area (Å²) in [5, 5.41) is 0. The molecule has 0 heterocycles. The van der Waals surface area contributed by atoms with Gasteiger partial charge < -0.3 is 11.5 Å². The molecule has 0 fully saturated rings. The van der Waals surface area contributed by atoms with Crippen molar-refractivity contribution in [3.63, 3.8) is 0 Å². The molecule has 0 aromatic heterocycles. The van der Waals surface area contributed by atoms with Gasteiger partial charge >= 0.3 is 0 Å². The minimum Gasteiger partial charge on any atom is -0.330 e. The van der Waals surface area contributed by atoms with Crippen LogP contribution in [0.3, 0.4) is 0 Å². The van der Waals surface area contributed by atoms with Crippen LogP contribution >= 0.6 is 11.8 Å². The Morgan fingerprint density at radius 2 is 1.87 bits per heavy atom. The highest BCUT2D eigenvalue weighted by Gasteiger charge is 2.06. The summed E-state index contributed by atoms with van der Waals surface area (Å²) in [6.45, 7) is 1.53. The third kappa shape index (κ3) is 5.21. The first kappa shape index (κ1) is 12.6. The summed E-state index contributed by atoms with van der Waals surface area (Å²) >= 11 is 1.88. The molecule has 0 saturated heterocycles. The van der Waals surface area contributed by atoms with E-state index >= 15 is 0 Å². The fraction of sp³-hybridized carbons (Fsp3) is 0.500. The molecule has 1 atom stereocenters. The van der Waals surface area contributed by atoms with Crippen LogP contribution in [0.5, 0.6) is 0 Å². The zero-order chi connectivity index (χ0) is 10.9. The van der Waals surface area contributed by atoms with Crippen molar-refractivity contribution >= 4 is 11.8 Å². The molecule has 0 bridgehead atoms. The number of nitrogens with two attached hydrogens (primary N) is 2. The molecular formula is C12H20N2S. The van der Waals surface area contributed by atoms with Crippen LogP contribution < -0.4 is 11.5 Å². The van der Waals surface area contributed by atoms with Gasteiger partial charge in [0.1, 0.15) is 0 Å². The molecule has 1 aromatic carbocycles. The maximum atomic E-state index is 5.72. The summed E-state index contributed by atoms with van der Waals surface area (Å²) < 4.78 is 0. The van der Waals surface area contributed by atoms with Crippen LogP contribution in [0.4, 0.5) is 0 Å². The Labute approximate surface area is 96.4 Å². The van der Waals surface area contributed by atoms with E-state index in [0.717, 1.165) is 31.7 Å². The number of hydrogen-bond donors (Lipinski definition) is 2. The van der Waals surface area contributed by atoms with E-state index in [2.05, 4.69) is 24.3 Å². The van der Waals surface area contributed by atoms with Crippen LogP contribution in [-0.4, -0.2) is 18.8 Å². The van der Waals surface area contributed by atoms with Crippen LogP contribution in [0.1, 0.15) is 12.8 Å². The number of benzene rings is 1. The molecule has 0 radical (unpaired) electrons. The van der Waals surface area contributed by atoms with Gasteiger partial charge in [0, 0.05) is 10.6 Å². The summed E-state index contributed by atoms with van der Waals surface area (Å²) in [4.78, 5) is 1.32. The van der Waals surface area contributed by atoms with Crippen molar-refractivity contribution in [2.24, 2.45) is 17.4 Å². The summed E-state index contributed by atoms with van der Waals surface area (Å²) in [6.07, 6.45) is 2.23. The summed E-state index contributed by atoms with van der Waals surface area (Å²) in [6, 6.07) is 10.5. The zero-order valence-corrected chi connectivity index (χ0v) is 9.88. The van der Waals surface area contributed by atoms with Gasteiger partial charge in [-0.2, -0.15) is 0 Å². The third-order valence-electron chi connectivity index (χ3n) is 2.38. The van der Waals surface area contributed by atoms with E-state index in [0.29, 0.717) is 5.92 Å². The normalized spacial score (nSPS) is 12.7. The van der Waals surface area contributed by atoms with E-state index in [1.165, 1.54) is 4.90 Å². The van der Waals surface area contributed by atoms with Crippen LogP contribution in [0.2, 0.25) is 0 Å². The highest BCUT2D eigenvalue weighted by Crippen LogP contribution is 2.21. The molecule has 1 rings (SSSR count). The molecule has 1 aromatic rings. The van der Waals surface area contributed by atoms with Crippen LogP contribution in [0.15, 0.2) is 35.2 Å². The van der Waals surface area contributed by atoms with Gasteiger partial charge in [-0.15, -0.1) is 11.8 Å². The largest absolute Gasteiger partial charge is 0.330 e. The fourth-order valence-electron chi connectivity index (χ4n) is 1.41. The standard InChI is InChI=1S/C12H20N2S/c13-8-4-5-11(9-14)10-15-12-6-2-1-3-7-12/h1-3,6-7,11H,4-5,8-10,13-14H2. The van der Waals surface area contributed by atoms with Crippen LogP contribution in [0.25, 0.3) is 0 Å². The van der Waals surface area contributed by atoms with E-state index < -0.39 is 0 Å². The summed E-state index contributed by atoms with van der Waals surface area (Å²) in [7, 11) is 0. The first-order valence-electron chi connectivity index (χ1n) is 5.44. The highest BCUT2D eigenvalue weighted by atomic mass is 32.2. The molecule has 1 unspecified atom stereocenters. The summed E-state index contributed by atoms with van der Waals surface area (Å²) in [5.74, 6) is 1.69. The van der Waals surface area contributed by atoms with E-state index in [-0.39, 0.29) is 0 Å². The van der Waals surface area contributed by atoms with Gasteiger partial charge in [-0.1, -0.05) is 18.2 Å². The molecule has 3 heteroatoms. The Morgan fingerprint density at radius 3 is 2.47 bits per heavy atom. The average Bonchev–Trinajstić information content (AvgIpc) is 2.31. The molecule has 4 N–H and O–H groups in total. The minimum absolute atomic E-state index is 0.596. The monoisotopic (exact) mass is 224 g/mol. The maximum Gasteiger partial charge on any atom is 0.00720 e. The van der Waals surface area contributed by atoms with Gasteiger partial charge in [0.15, 0.2) is 0 Å². The summed E-state index contributed by atoms with van der Waals surface area (Å²) in [5.41, 5.74) is 11.2. The van der Waals surface area contributed by atoms with Crippen LogP contribution in [-0.2, 0) is 0 Å². The lowest BCUT2D eigenvalue weighted by Gasteiger charge is -2.13. The third-order valence-corrected chi connectivity index (χ3v) is 3.62. The molecule has 0 spiro atoms. The van der Waals surface area contributed by atoms with Crippen molar-refractivity contribution in [2.75, 3.05) is 18.8 Å². The molecule has 0 aliphatic rings. The van der Waals surface area contributed by atoms with Gasteiger partial charge in [0.05, 0.1) is 0 Å². The average molecular weight is 224 g/mol. The SMILES string of the molecule is NCCCC(CN)CSc1ccccc1. The molecule has 2 nitrogen and oxygen atoms in total. The molecular weight excluding hydrogens is 204 g/mol. The van der Waals surface area contributed by atoms with Gasteiger partial charge in [-0.3, -0.25) is 0 Å². The Morgan fingerprint density at radius 1 is 1.13 bits per heavy atom. The lowest BCUT2D eigenvalue weighted by Crippen LogP contribution is -2.18. The van der Waals surface area contributed by atoms with Gasteiger partial charge in [-0.05, 0) is 44.0 Å². The van der Waals surface area contributed by atoms with E-state index in [9.17, 15) is 0 Å². The van der Waals surface area contributed by atoms with E-state index in [1.54, 1.807) is 0 Å². The Kier molecular flexibility index (Phi) is 6.48. The van der Waals surface area contributed by atoms with Crippen LogP contribution in [0, 0.1) is 5.92 Å².